The van der Waals surface area contributed by atoms with E-state index in [-0.39, 0.29) is 11.7 Å². The number of amides is 1. The summed E-state index contributed by atoms with van der Waals surface area (Å²) in [4.78, 5) is 16.7. The fourth-order valence-corrected chi connectivity index (χ4v) is 3.38. The van der Waals surface area contributed by atoms with Gasteiger partial charge in [-0.05, 0) is 56.2 Å². The van der Waals surface area contributed by atoms with E-state index in [0.29, 0.717) is 34.3 Å². The smallest absolute Gasteiger partial charge is 0.251 e. The van der Waals surface area contributed by atoms with Crippen molar-refractivity contribution >= 4 is 5.91 Å². The van der Waals surface area contributed by atoms with Crippen molar-refractivity contribution in [3.05, 3.63) is 78.2 Å². The predicted octanol–water partition coefficient (Wildman–Crippen LogP) is 4.53. The van der Waals surface area contributed by atoms with Crippen LogP contribution in [0.4, 0.5) is 4.39 Å². The molecule has 0 unspecified atom stereocenters. The zero-order chi connectivity index (χ0) is 20.7. The van der Waals surface area contributed by atoms with Gasteiger partial charge in [0.05, 0.1) is 17.6 Å². The second kappa shape index (κ2) is 7.26. The highest BCUT2D eigenvalue weighted by Gasteiger charge is 2.24. The van der Waals surface area contributed by atoms with Gasteiger partial charge < -0.3 is 14.4 Å². The molecule has 30 heavy (non-hydrogen) atoms. The summed E-state index contributed by atoms with van der Waals surface area (Å²) in [5, 5.41) is 7.09. The van der Waals surface area contributed by atoms with Gasteiger partial charge in [0.25, 0.3) is 5.91 Å². The van der Waals surface area contributed by atoms with E-state index in [0.717, 1.165) is 24.1 Å². The van der Waals surface area contributed by atoms with Crippen molar-refractivity contribution in [2.24, 2.45) is 0 Å². The van der Waals surface area contributed by atoms with Crippen molar-refractivity contribution in [2.45, 2.75) is 25.8 Å². The summed E-state index contributed by atoms with van der Waals surface area (Å²) in [6, 6.07) is 13.9. The van der Waals surface area contributed by atoms with E-state index in [1.807, 2.05) is 22.9 Å². The number of halogens is 1. The second-order valence-corrected chi connectivity index (χ2v) is 7.43. The van der Waals surface area contributed by atoms with Crippen LogP contribution in [0, 0.1) is 12.7 Å². The lowest BCUT2D eigenvalue weighted by Crippen LogP contribution is -2.25. The molecule has 0 atom stereocenters. The van der Waals surface area contributed by atoms with Gasteiger partial charge in [-0.15, -0.1) is 0 Å². The third kappa shape index (κ3) is 3.50. The second-order valence-electron chi connectivity index (χ2n) is 7.43. The van der Waals surface area contributed by atoms with E-state index in [9.17, 15) is 9.18 Å². The Kier molecular flexibility index (Phi) is 4.43. The molecule has 1 saturated carbocycles. The topological polar surface area (TPSA) is 73.0 Å². The third-order valence-corrected chi connectivity index (χ3v) is 5.14. The van der Waals surface area contributed by atoms with Crippen molar-refractivity contribution in [2.75, 3.05) is 0 Å². The fourth-order valence-electron chi connectivity index (χ4n) is 3.38. The molecule has 2 heterocycles. The number of imidazole rings is 1. The number of carbonyl (C=O) groups is 1. The van der Waals surface area contributed by atoms with Gasteiger partial charge in [-0.25, -0.2) is 9.37 Å². The van der Waals surface area contributed by atoms with Crippen molar-refractivity contribution in [3.63, 3.8) is 0 Å². The van der Waals surface area contributed by atoms with Crippen LogP contribution < -0.4 is 5.32 Å². The molecule has 2 aromatic carbocycles. The molecule has 5 rings (SSSR count). The van der Waals surface area contributed by atoms with Crippen LogP contribution >= 0.6 is 0 Å². The Balaban J connectivity index is 1.44. The summed E-state index contributed by atoms with van der Waals surface area (Å²) < 4.78 is 20.9. The molecule has 0 saturated heterocycles. The first kappa shape index (κ1) is 18.3. The first-order valence-electron chi connectivity index (χ1n) is 9.76. The van der Waals surface area contributed by atoms with Crippen LogP contribution in [0.3, 0.4) is 0 Å². The van der Waals surface area contributed by atoms with E-state index >= 15 is 0 Å². The molecule has 1 fully saturated rings. The molecule has 0 bridgehead atoms. The summed E-state index contributed by atoms with van der Waals surface area (Å²) in [7, 11) is 0. The number of aromatic nitrogens is 3. The number of hydrogen-bond acceptors (Lipinski definition) is 4. The Labute approximate surface area is 172 Å². The summed E-state index contributed by atoms with van der Waals surface area (Å²) in [5.41, 5.74) is 4.07. The number of benzene rings is 2. The van der Waals surface area contributed by atoms with Crippen molar-refractivity contribution in [1.82, 2.24) is 20.0 Å². The van der Waals surface area contributed by atoms with Gasteiger partial charge in [-0.1, -0.05) is 17.3 Å². The lowest BCUT2D eigenvalue weighted by atomic mass is 10.0. The van der Waals surface area contributed by atoms with Crippen LogP contribution in [-0.4, -0.2) is 26.7 Å². The number of nitrogens with one attached hydrogen (secondary N) is 1. The Hall–Kier alpha value is -3.74. The molecule has 1 aliphatic carbocycles. The molecular formula is C23H19FN4O2. The normalized spacial score (nSPS) is 13.4. The largest absolute Gasteiger partial charge is 0.360 e. The molecule has 1 amide bonds. The van der Waals surface area contributed by atoms with Gasteiger partial charge in [0, 0.05) is 29.1 Å². The summed E-state index contributed by atoms with van der Waals surface area (Å²) in [6.45, 7) is 1.80. The SMILES string of the molecule is Cc1onc(-c2cccc(F)c2)c1-c1cn(-c2ccc(C(=O)NC3CC3)cc2)cn1. The van der Waals surface area contributed by atoms with Crippen LogP contribution in [0.15, 0.2) is 65.6 Å². The van der Waals surface area contributed by atoms with Crippen LogP contribution in [0.1, 0.15) is 29.0 Å². The van der Waals surface area contributed by atoms with E-state index in [1.165, 1.54) is 12.1 Å². The van der Waals surface area contributed by atoms with Gasteiger partial charge in [0.2, 0.25) is 0 Å². The molecule has 7 heteroatoms. The Morgan fingerprint density at radius 3 is 2.73 bits per heavy atom. The average molecular weight is 402 g/mol. The maximum atomic E-state index is 13.7. The maximum absolute atomic E-state index is 13.7. The number of hydrogen-bond donors (Lipinski definition) is 1. The third-order valence-electron chi connectivity index (χ3n) is 5.14. The Morgan fingerprint density at radius 1 is 1.20 bits per heavy atom. The average Bonchev–Trinajstić information content (AvgIpc) is 3.28. The number of aryl methyl sites for hydroxylation is 1. The molecule has 1 aliphatic rings. The molecule has 4 aromatic rings. The van der Waals surface area contributed by atoms with Crippen LogP contribution in [0.25, 0.3) is 28.2 Å². The highest BCUT2D eigenvalue weighted by atomic mass is 19.1. The summed E-state index contributed by atoms with van der Waals surface area (Å²) >= 11 is 0. The van der Waals surface area contributed by atoms with Gasteiger partial charge in [0.1, 0.15) is 17.3 Å². The monoisotopic (exact) mass is 402 g/mol. The van der Waals surface area contributed by atoms with Crippen LogP contribution in [0.5, 0.6) is 0 Å². The van der Waals surface area contributed by atoms with Crippen LogP contribution in [0.2, 0.25) is 0 Å². The van der Waals surface area contributed by atoms with E-state index in [2.05, 4.69) is 15.5 Å². The zero-order valence-corrected chi connectivity index (χ0v) is 16.3. The van der Waals surface area contributed by atoms with Gasteiger partial charge in [-0.3, -0.25) is 4.79 Å². The molecule has 0 aliphatic heterocycles. The number of rotatable bonds is 5. The number of nitrogens with zero attached hydrogens (tertiary/aromatic N) is 3. The Morgan fingerprint density at radius 2 is 2.00 bits per heavy atom. The van der Waals surface area contributed by atoms with Gasteiger partial charge >= 0.3 is 0 Å². The minimum absolute atomic E-state index is 0.0461. The maximum Gasteiger partial charge on any atom is 0.251 e. The molecule has 0 spiro atoms. The highest BCUT2D eigenvalue weighted by molar-refractivity contribution is 5.94. The minimum atomic E-state index is -0.338. The molecule has 150 valence electrons. The molecular weight excluding hydrogens is 383 g/mol. The zero-order valence-electron chi connectivity index (χ0n) is 16.3. The van der Waals surface area contributed by atoms with Crippen molar-refractivity contribution in [3.8, 4) is 28.2 Å². The van der Waals surface area contributed by atoms with Crippen molar-refractivity contribution < 1.29 is 13.7 Å². The summed E-state index contributed by atoms with van der Waals surface area (Å²) in [6.07, 6.45) is 5.67. The van der Waals surface area contributed by atoms with Crippen LogP contribution in [-0.2, 0) is 0 Å². The van der Waals surface area contributed by atoms with E-state index < -0.39 is 0 Å². The molecule has 0 radical (unpaired) electrons. The highest BCUT2D eigenvalue weighted by Crippen LogP contribution is 2.33. The van der Waals surface area contributed by atoms with Gasteiger partial charge in [-0.2, -0.15) is 0 Å². The number of carbonyl (C=O) groups excluding carboxylic acids is 1. The predicted molar refractivity (Wildman–Crippen MR) is 110 cm³/mol. The van der Waals surface area contributed by atoms with E-state index in [4.69, 9.17) is 4.52 Å². The van der Waals surface area contributed by atoms with E-state index in [1.54, 1.807) is 37.5 Å². The van der Waals surface area contributed by atoms with Gasteiger partial charge in [0.15, 0.2) is 0 Å². The molecule has 1 N–H and O–H groups in total. The Bertz CT molecular complexity index is 1220. The summed E-state index contributed by atoms with van der Waals surface area (Å²) in [5.74, 6) is 0.220. The minimum Gasteiger partial charge on any atom is -0.360 e. The first-order valence-corrected chi connectivity index (χ1v) is 9.76. The lowest BCUT2D eigenvalue weighted by molar-refractivity contribution is 0.0951. The lowest BCUT2D eigenvalue weighted by Gasteiger charge is -2.05. The quantitative estimate of drug-likeness (QED) is 0.532. The molecule has 6 nitrogen and oxygen atoms in total. The first-order chi connectivity index (χ1) is 14.6. The van der Waals surface area contributed by atoms with Crippen molar-refractivity contribution in [1.29, 1.82) is 0 Å². The fraction of sp³-hybridized carbons (Fsp3) is 0.174. The standard InChI is InChI=1S/C23H19FN4O2/c1-14-21(22(27-30-14)16-3-2-4-17(24)11-16)20-12-28(13-25-20)19-9-5-15(6-10-19)23(29)26-18-7-8-18/h2-6,9-13,18H,7-8H2,1H3,(H,26,29). The molecule has 2 aromatic heterocycles.